The fourth-order valence-corrected chi connectivity index (χ4v) is 6.18. The number of imidazole rings is 1. The van der Waals surface area contributed by atoms with Crippen LogP contribution in [0.25, 0.3) is 22.2 Å². The van der Waals surface area contributed by atoms with Crippen LogP contribution < -0.4 is 4.90 Å². The van der Waals surface area contributed by atoms with Crippen LogP contribution >= 0.6 is 0 Å². The number of hydrogen-bond donors (Lipinski definition) is 1. The smallest absolute Gasteiger partial charge is 0.227 e. The van der Waals surface area contributed by atoms with Crippen molar-refractivity contribution in [1.82, 2.24) is 14.7 Å². The van der Waals surface area contributed by atoms with E-state index in [1.165, 1.54) is 6.07 Å². The van der Waals surface area contributed by atoms with Gasteiger partial charge in [-0.1, -0.05) is 11.2 Å². The number of aryl methyl sites for hydroxylation is 2. The van der Waals surface area contributed by atoms with E-state index >= 15 is 0 Å². The van der Waals surface area contributed by atoms with Crippen LogP contribution in [0.2, 0.25) is 0 Å². The zero-order valence-corrected chi connectivity index (χ0v) is 21.5. The lowest BCUT2D eigenvalue weighted by Crippen LogP contribution is -2.40. The Hall–Kier alpha value is -3.59. The summed E-state index contributed by atoms with van der Waals surface area (Å²) < 4.78 is 35.6. The van der Waals surface area contributed by atoms with Crippen LogP contribution in [0.4, 0.5) is 14.5 Å². The van der Waals surface area contributed by atoms with Crippen molar-refractivity contribution in [1.29, 1.82) is 0 Å². The molecular formula is C29H30F2N4O3. The number of carbonyl (C=O) groups excluding carboxylic acids is 1. The highest BCUT2D eigenvalue weighted by molar-refractivity contribution is 5.95. The van der Waals surface area contributed by atoms with Gasteiger partial charge < -0.3 is 19.1 Å². The minimum atomic E-state index is -0.988. The van der Waals surface area contributed by atoms with Crippen molar-refractivity contribution < 1.29 is 23.2 Å². The molecule has 1 N–H and O–H groups in total. The molecule has 3 heterocycles. The van der Waals surface area contributed by atoms with Crippen LogP contribution in [-0.4, -0.2) is 31.8 Å². The summed E-state index contributed by atoms with van der Waals surface area (Å²) in [5.74, 6) is -0.616. The van der Waals surface area contributed by atoms with Gasteiger partial charge in [0, 0.05) is 29.8 Å². The molecule has 1 aliphatic carbocycles. The van der Waals surface area contributed by atoms with Crippen molar-refractivity contribution in [2.45, 2.75) is 77.0 Å². The molecule has 0 radical (unpaired) electrons. The Morgan fingerprint density at radius 2 is 1.79 bits per heavy atom. The van der Waals surface area contributed by atoms with Gasteiger partial charge in [-0.2, -0.15) is 0 Å². The summed E-state index contributed by atoms with van der Waals surface area (Å²) in [4.78, 5) is 19.9. The molecule has 2 aliphatic rings. The van der Waals surface area contributed by atoms with Gasteiger partial charge in [-0.15, -0.1) is 0 Å². The molecule has 7 nitrogen and oxygen atoms in total. The van der Waals surface area contributed by atoms with Gasteiger partial charge in [0.15, 0.2) is 11.6 Å². The van der Waals surface area contributed by atoms with Crippen molar-refractivity contribution >= 4 is 22.6 Å². The number of benzene rings is 2. The molecule has 2 aromatic heterocycles. The van der Waals surface area contributed by atoms with Crippen molar-refractivity contribution in [3.05, 3.63) is 65.3 Å². The van der Waals surface area contributed by atoms with Crippen LogP contribution in [0.1, 0.15) is 74.3 Å². The molecule has 1 aliphatic heterocycles. The van der Waals surface area contributed by atoms with Gasteiger partial charge in [0.2, 0.25) is 5.91 Å². The molecule has 6 rings (SSSR count). The summed E-state index contributed by atoms with van der Waals surface area (Å²) in [6.07, 6.45) is 4.32. The second-order valence-corrected chi connectivity index (χ2v) is 10.5. The van der Waals surface area contributed by atoms with Crippen molar-refractivity contribution in [2.75, 3.05) is 4.90 Å². The zero-order valence-electron chi connectivity index (χ0n) is 21.5. The number of anilines is 1. The SMILES string of the molecule is Cc1noc(C)c1-c1ccc2c(c1)nc(C1CCCC(=O)N1c1ccc(F)c(F)c1)n2C1CCC(O)CC1. The van der Waals surface area contributed by atoms with Gasteiger partial charge >= 0.3 is 0 Å². The third-order valence-electron chi connectivity index (χ3n) is 8.00. The lowest BCUT2D eigenvalue weighted by Gasteiger charge is -2.37. The standard InChI is InChI=1S/C29H30F2N4O3/c1-16-28(17(2)38-33-16)18-6-13-25-24(14-18)32-29(35(25)19-7-10-21(36)11-8-19)26-4-3-5-27(37)34(26)20-9-12-22(30)23(31)15-20/h6,9,12-15,19,21,26,36H,3-5,7-8,10-11H2,1-2H3. The van der Waals surface area contributed by atoms with Crippen LogP contribution in [0.3, 0.4) is 0 Å². The first-order chi connectivity index (χ1) is 18.3. The number of nitrogens with zero attached hydrogens (tertiary/aromatic N) is 4. The molecule has 1 unspecified atom stereocenters. The highest BCUT2D eigenvalue weighted by atomic mass is 19.2. The topological polar surface area (TPSA) is 84.4 Å². The number of amides is 1. The maximum atomic E-state index is 14.2. The Kier molecular flexibility index (Phi) is 6.26. The average Bonchev–Trinajstić information content (AvgIpc) is 3.45. The predicted octanol–water partition coefficient (Wildman–Crippen LogP) is 6.32. The summed E-state index contributed by atoms with van der Waals surface area (Å²) in [7, 11) is 0. The Morgan fingerprint density at radius 1 is 1.00 bits per heavy atom. The summed E-state index contributed by atoms with van der Waals surface area (Å²) in [6.45, 7) is 3.78. The average molecular weight is 521 g/mol. The molecule has 0 bridgehead atoms. The molecule has 2 fully saturated rings. The van der Waals surface area contributed by atoms with Crippen molar-refractivity contribution in [3.8, 4) is 11.1 Å². The van der Waals surface area contributed by atoms with E-state index in [1.54, 1.807) is 4.90 Å². The molecule has 2 aromatic carbocycles. The van der Waals surface area contributed by atoms with Crippen LogP contribution in [0, 0.1) is 25.5 Å². The van der Waals surface area contributed by atoms with E-state index in [9.17, 15) is 18.7 Å². The fourth-order valence-electron chi connectivity index (χ4n) is 6.18. The number of rotatable bonds is 4. The monoisotopic (exact) mass is 520 g/mol. The van der Waals surface area contributed by atoms with E-state index < -0.39 is 17.7 Å². The lowest BCUT2D eigenvalue weighted by atomic mass is 9.92. The van der Waals surface area contributed by atoms with Gasteiger partial charge in [-0.3, -0.25) is 4.79 Å². The molecule has 4 aromatic rings. The van der Waals surface area contributed by atoms with Gasteiger partial charge in [0.05, 0.1) is 28.9 Å². The zero-order chi connectivity index (χ0) is 26.6. The Labute approximate surface area is 219 Å². The third kappa shape index (κ3) is 4.18. The molecule has 198 valence electrons. The maximum Gasteiger partial charge on any atom is 0.227 e. The normalized spacial score (nSPS) is 22.4. The number of piperidine rings is 1. The summed E-state index contributed by atoms with van der Waals surface area (Å²) in [5.41, 5.74) is 4.73. The minimum absolute atomic E-state index is 0.104. The van der Waals surface area contributed by atoms with Gasteiger partial charge in [-0.05, 0) is 82.2 Å². The highest BCUT2D eigenvalue weighted by Crippen LogP contribution is 2.41. The fraction of sp³-hybridized carbons (Fsp3) is 0.414. The molecule has 1 amide bonds. The van der Waals surface area contributed by atoms with Crippen LogP contribution in [0.15, 0.2) is 40.9 Å². The second kappa shape index (κ2) is 9.62. The number of aromatic nitrogens is 3. The lowest BCUT2D eigenvalue weighted by molar-refractivity contribution is -0.120. The van der Waals surface area contributed by atoms with E-state index in [2.05, 4.69) is 9.72 Å². The molecule has 38 heavy (non-hydrogen) atoms. The van der Waals surface area contributed by atoms with Gasteiger partial charge in [0.25, 0.3) is 0 Å². The number of carbonyl (C=O) groups is 1. The first-order valence-corrected chi connectivity index (χ1v) is 13.2. The van der Waals surface area contributed by atoms with E-state index in [1.807, 2.05) is 32.0 Å². The third-order valence-corrected chi connectivity index (χ3v) is 8.00. The highest BCUT2D eigenvalue weighted by Gasteiger charge is 2.36. The molecule has 1 saturated heterocycles. The second-order valence-electron chi connectivity index (χ2n) is 10.5. The Bertz CT molecular complexity index is 1500. The first-order valence-electron chi connectivity index (χ1n) is 13.2. The van der Waals surface area contributed by atoms with Crippen molar-refractivity contribution in [3.63, 3.8) is 0 Å². The number of fused-ring (bicyclic) bond motifs is 1. The minimum Gasteiger partial charge on any atom is -0.393 e. The van der Waals surface area contributed by atoms with Gasteiger partial charge in [-0.25, -0.2) is 13.8 Å². The molecule has 0 spiro atoms. The number of hydrogen-bond acceptors (Lipinski definition) is 5. The summed E-state index contributed by atoms with van der Waals surface area (Å²) in [6, 6.07) is 9.38. The van der Waals surface area contributed by atoms with Gasteiger partial charge in [0.1, 0.15) is 11.6 Å². The van der Waals surface area contributed by atoms with E-state index in [4.69, 9.17) is 9.51 Å². The van der Waals surface area contributed by atoms with Crippen molar-refractivity contribution in [2.24, 2.45) is 0 Å². The Balaban J connectivity index is 1.51. The molecule has 1 saturated carbocycles. The van der Waals surface area contributed by atoms with E-state index in [-0.39, 0.29) is 18.1 Å². The number of aliphatic hydroxyl groups excluding tert-OH is 1. The largest absolute Gasteiger partial charge is 0.393 e. The maximum absolute atomic E-state index is 14.2. The quantitative estimate of drug-likeness (QED) is 0.340. The summed E-state index contributed by atoms with van der Waals surface area (Å²) in [5, 5.41) is 14.3. The van der Waals surface area contributed by atoms with Crippen LogP contribution in [0.5, 0.6) is 0 Å². The summed E-state index contributed by atoms with van der Waals surface area (Å²) >= 11 is 0. The predicted molar refractivity (Wildman–Crippen MR) is 139 cm³/mol. The molecular weight excluding hydrogens is 490 g/mol. The van der Waals surface area contributed by atoms with E-state index in [0.717, 1.165) is 64.4 Å². The number of halogens is 2. The molecule has 9 heteroatoms. The van der Waals surface area contributed by atoms with Crippen LogP contribution in [-0.2, 0) is 4.79 Å². The first kappa shape index (κ1) is 24.7. The molecule has 1 atom stereocenters. The Morgan fingerprint density at radius 3 is 2.50 bits per heavy atom. The van der Waals surface area contributed by atoms with E-state index in [0.29, 0.717) is 37.8 Å². The number of aliphatic hydroxyl groups is 1.